The van der Waals surface area contributed by atoms with E-state index in [0.717, 1.165) is 12.2 Å². The number of alkyl carbamates (subject to hydrolysis) is 1. The van der Waals surface area contributed by atoms with Gasteiger partial charge >= 0.3 is 36.0 Å². The zero-order valence-electron chi connectivity index (χ0n) is 42.0. The smallest absolute Gasteiger partial charge is 0.408 e. The van der Waals surface area contributed by atoms with Gasteiger partial charge in [0.15, 0.2) is 5.60 Å². The first-order chi connectivity index (χ1) is 34.0. The van der Waals surface area contributed by atoms with Gasteiger partial charge in [-0.15, -0.1) is 0 Å². The van der Waals surface area contributed by atoms with E-state index in [1.165, 1.54) is 13.8 Å². The summed E-state index contributed by atoms with van der Waals surface area (Å²) >= 11 is 1.75. The summed E-state index contributed by atoms with van der Waals surface area (Å²) in [4.78, 5) is 112. The molecule has 6 aliphatic rings. The summed E-state index contributed by atoms with van der Waals surface area (Å²) in [7, 11) is 0. The molecule has 3 aliphatic heterocycles. The molecule has 2 aromatic rings. The van der Waals surface area contributed by atoms with Crippen LogP contribution in [0.1, 0.15) is 116 Å². The maximum absolute atomic E-state index is 15.2. The number of hydrogen-bond donors (Lipinski definition) is 4. The standard InChI is InChI=1S/C53H67N3O15S/c1-27-33(67-47(63)43(39(29-17-11-9-12-18-29)56-49(65)71-50(3,4)5)68-37(59)22-16-15-21-34-40-32(25-72-34)54-48(64)55-40)23-31-42(69-46(62)30-19-13-10-14-20-30)44-52(8,45(61)41(60)38(27)51(31,6)7)35(58)24-36-53(44,26-66-36)70-28(2)57/h9-14,17-20,27,31-36,38-40,42-44,58H,15-16,21-26H2,1-8H3,(H,56,65)(H2,54,55,64). The SMILES string of the molecule is CC(=O)OC12COC1CC(O)C1(C)C(=O)C(=O)C3C(C)C(OC(=O)C(OC(=O)CCCCC4SCC5NC(=O)NC54)C(NC(=O)OC(C)(C)C)c4ccccc4)CC(C(OC(=O)c4ccccc4)C21)C3(C)C. The van der Waals surface area contributed by atoms with Gasteiger partial charge in [0.1, 0.15) is 30.0 Å². The number of Topliss-reactive ketones (excluding diaryl/α,β-unsaturated/α-hetero) is 2. The first-order valence-corrected chi connectivity index (χ1v) is 26.0. The number of ketones is 2. The number of thioether (sulfide) groups is 1. The number of carbonyl (C=O) groups is 8. The van der Waals surface area contributed by atoms with Crippen molar-refractivity contribution in [1.82, 2.24) is 16.0 Å². The molecule has 19 heteroatoms. The zero-order valence-corrected chi connectivity index (χ0v) is 42.8. The fraction of sp³-hybridized carbons (Fsp3) is 0.623. The number of ether oxygens (including phenoxy) is 6. The summed E-state index contributed by atoms with van der Waals surface area (Å²) in [6.07, 6.45) is -6.31. The van der Waals surface area contributed by atoms with E-state index < -0.39 is 124 Å². The van der Waals surface area contributed by atoms with Gasteiger partial charge in [-0.25, -0.2) is 19.2 Å². The number of urea groups is 1. The third kappa shape index (κ3) is 10.1. The van der Waals surface area contributed by atoms with Crippen LogP contribution in [0.15, 0.2) is 60.7 Å². The summed E-state index contributed by atoms with van der Waals surface area (Å²) in [5, 5.41) is 20.8. The molecule has 390 valence electrons. The number of aliphatic hydroxyl groups is 1. The first kappa shape index (κ1) is 52.8. The monoisotopic (exact) mass is 1020 g/mol. The molecule has 6 fully saturated rings. The van der Waals surface area contributed by atoms with Gasteiger partial charge in [0, 0.05) is 48.5 Å². The second-order valence-corrected chi connectivity index (χ2v) is 23.3. The molecule has 0 spiro atoms. The Morgan fingerprint density at radius 1 is 0.931 bits per heavy atom. The highest BCUT2D eigenvalue weighted by Crippen LogP contribution is 2.63. The Kier molecular flexibility index (Phi) is 15.0. The van der Waals surface area contributed by atoms with Crippen molar-refractivity contribution in [1.29, 1.82) is 0 Å². The van der Waals surface area contributed by atoms with Crippen LogP contribution in [-0.2, 0) is 52.4 Å². The highest BCUT2D eigenvalue weighted by Gasteiger charge is 2.76. The molecule has 4 N–H and O–H groups in total. The summed E-state index contributed by atoms with van der Waals surface area (Å²) in [5.41, 5.74) is -5.15. The molecule has 3 aliphatic carbocycles. The van der Waals surface area contributed by atoms with E-state index in [-0.39, 0.29) is 54.8 Å². The third-order valence-corrected chi connectivity index (χ3v) is 17.5. The molecule has 15 atom stereocenters. The summed E-state index contributed by atoms with van der Waals surface area (Å²) in [6, 6.07) is 15.0. The van der Waals surface area contributed by atoms with Gasteiger partial charge in [-0.3, -0.25) is 19.2 Å². The molecular weight excluding hydrogens is 951 g/mol. The van der Waals surface area contributed by atoms with Gasteiger partial charge in [0.2, 0.25) is 17.7 Å². The minimum absolute atomic E-state index is 0.0161. The van der Waals surface area contributed by atoms with Gasteiger partial charge < -0.3 is 49.5 Å². The van der Waals surface area contributed by atoms with Gasteiger partial charge in [0.05, 0.1) is 41.7 Å². The molecule has 72 heavy (non-hydrogen) atoms. The van der Waals surface area contributed by atoms with Gasteiger partial charge in [-0.05, 0) is 70.1 Å². The van der Waals surface area contributed by atoms with Gasteiger partial charge in [0.25, 0.3) is 0 Å². The van der Waals surface area contributed by atoms with Crippen LogP contribution in [0.3, 0.4) is 0 Å². The summed E-state index contributed by atoms with van der Waals surface area (Å²) < 4.78 is 36.8. The Morgan fingerprint density at radius 3 is 2.25 bits per heavy atom. The zero-order chi connectivity index (χ0) is 52.1. The van der Waals surface area contributed by atoms with Crippen molar-refractivity contribution in [2.24, 2.45) is 34.5 Å². The fourth-order valence-corrected chi connectivity index (χ4v) is 14.1. The van der Waals surface area contributed by atoms with Gasteiger partial charge in [-0.2, -0.15) is 11.8 Å². The quantitative estimate of drug-likeness (QED) is 0.0594. The van der Waals surface area contributed by atoms with Crippen molar-refractivity contribution in [3.63, 3.8) is 0 Å². The van der Waals surface area contributed by atoms with Crippen LogP contribution in [0.2, 0.25) is 0 Å². The fourth-order valence-electron chi connectivity index (χ4n) is 12.5. The minimum Gasteiger partial charge on any atom is -0.459 e. The van der Waals surface area contributed by atoms with Crippen LogP contribution in [0.25, 0.3) is 0 Å². The van der Waals surface area contributed by atoms with Crippen molar-refractivity contribution in [2.45, 2.75) is 159 Å². The Labute approximate surface area is 423 Å². The summed E-state index contributed by atoms with van der Waals surface area (Å²) in [6.45, 7) is 12.7. The number of rotatable bonds is 14. The molecule has 2 aromatic carbocycles. The predicted octanol–water partition coefficient (Wildman–Crippen LogP) is 5.57. The number of unbranched alkanes of at least 4 members (excludes halogenated alkanes) is 1. The lowest BCUT2D eigenvalue weighted by Crippen LogP contribution is -2.79. The van der Waals surface area contributed by atoms with Crippen LogP contribution in [-0.4, -0.2) is 124 Å². The lowest BCUT2D eigenvalue weighted by atomic mass is 9.44. The molecule has 3 heterocycles. The number of esters is 4. The average Bonchev–Trinajstić information content (AvgIpc) is 3.87. The minimum atomic E-state index is -1.94. The van der Waals surface area contributed by atoms with Crippen LogP contribution >= 0.6 is 11.8 Å². The van der Waals surface area contributed by atoms with Crippen LogP contribution in [0.4, 0.5) is 9.59 Å². The topological polar surface area (TPSA) is 248 Å². The van der Waals surface area contributed by atoms with E-state index in [1.54, 1.807) is 114 Å². The number of hydrogen-bond acceptors (Lipinski definition) is 16. The molecule has 8 rings (SSSR count). The van der Waals surface area contributed by atoms with E-state index in [0.29, 0.717) is 18.4 Å². The number of carbonyl (C=O) groups excluding carboxylic acids is 8. The lowest BCUT2D eigenvalue weighted by molar-refractivity contribution is -0.336. The molecule has 0 radical (unpaired) electrons. The van der Waals surface area contributed by atoms with Crippen molar-refractivity contribution in [2.75, 3.05) is 12.4 Å². The number of nitrogens with one attached hydrogen (secondary N) is 3. The number of amides is 3. The molecule has 3 saturated heterocycles. The second kappa shape index (κ2) is 20.4. The molecule has 3 saturated carbocycles. The molecular formula is C53H67N3O15S. The van der Waals surface area contributed by atoms with E-state index in [1.807, 2.05) is 0 Å². The maximum Gasteiger partial charge on any atom is 0.408 e. The Hall–Kier alpha value is -5.53. The van der Waals surface area contributed by atoms with Crippen molar-refractivity contribution < 1.29 is 71.9 Å². The largest absolute Gasteiger partial charge is 0.459 e. The predicted molar refractivity (Wildman–Crippen MR) is 259 cm³/mol. The molecule has 0 aromatic heterocycles. The van der Waals surface area contributed by atoms with Crippen molar-refractivity contribution >= 4 is 59.3 Å². The van der Waals surface area contributed by atoms with E-state index in [4.69, 9.17) is 28.4 Å². The number of benzene rings is 2. The Balaban J connectivity index is 1.14. The van der Waals surface area contributed by atoms with Crippen LogP contribution in [0.5, 0.6) is 0 Å². The Bertz CT molecular complexity index is 2430. The normalized spacial score (nSPS) is 34.1. The molecule has 18 nitrogen and oxygen atoms in total. The molecule has 15 unspecified atom stereocenters. The van der Waals surface area contributed by atoms with Crippen molar-refractivity contribution in [3.8, 4) is 0 Å². The van der Waals surface area contributed by atoms with Crippen LogP contribution < -0.4 is 16.0 Å². The van der Waals surface area contributed by atoms with E-state index in [9.17, 15) is 29.1 Å². The van der Waals surface area contributed by atoms with Gasteiger partial charge in [-0.1, -0.05) is 75.7 Å². The lowest BCUT2D eigenvalue weighted by Gasteiger charge is -2.66. The van der Waals surface area contributed by atoms with Crippen molar-refractivity contribution in [3.05, 3.63) is 71.8 Å². The summed E-state index contributed by atoms with van der Waals surface area (Å²) in [5.74, 6) is -8.66. The highest BCUT2D eigenvalue weighted by atomic mass is 32.2. The first-order valence-electron chi connectivity index (χ1n) is 24.9. The Morgan fingerprint density at radius 2 is 1.61 bits per heavy atom. The van der Waals surface area contributed by atoms with E-state index in [2.05, 4.69) is 16.0 Å². The maximum atomic E-state index is 15.2. The molecule has 2 bridgehead atoms. The number of fused-ring (bicyclic) bond motifs is 6. The third-order valence-electron chi connectivity index (χ3n) is 16.0. The highest BCUT2D eigenvalue weighted by molar-refractivity contribution is 8.00. The van der Waals surface area contributed by atoms with E-state index >= 15 is 14.4 Å². The van der Waals surface area contributed by atoms with Crippen LogP contribution in [0, 0.1) is 34.5 Å². The average molecular weight is 1020 g/mol. The second-order valence-electron chi connectivity index (χ2n) is 22.1. The number of aliphatic hydroxyl groups excluding tert-OH is 1. The molecule has 3 amide bonds.